The van der Waals surface area contributed by atoms with E-state index in [-0.39, 0.29) is 24.0 Å². The molecule has 0 saturated carbocycles. The summed E-state index contributed by atoms with van der Waals surface area (Å²) in [5, 5.41) is 6.66. The quantitative estimate of drug-likeness (QED) is 0.248. The van der Waals surface area contributed by atoms with Gasteiger partial charge in [-0.3, -0.25) is 4.99 Å². The molecule has 0 heterocycles. The maximum atomic E-state index is 5.62. The van der Waals surface area contributed by atoms with Gasteiger partial charge in [0.15, 0.2) is 17.5 Å². The molecule has 1 aromatic carbocycles. The third-order valence-electron chi connectivity index (χ3n) is 3.51. The van der Waals surface area contributed by atoms with Crippen LogP contribution in [0.2, 0.25) is 0 Å². The van der Waals surface area contributed by atoms with Crippen LogP contribution < -0.4 is 20.1 Å². The van der Waals surface area contributed by atoms with E-state index in [0.717, 1.165) is 49.8 Å². The number of halogens is 1. The van der Waals surface area contributed by atoms with Gasteiger partial charge in [-0.25, -0.2) is 0 Å². The highest BCUT2D eigenvalue weighted by atomic mass is 127. The lowest BCUT2D eigenvalue weighted by molar-refractivity contribution is 0.310. The minimum absolute atomic E-state index is 0. The molecule has 0 radical (unpaired) electrons. The lowest BCUT2D eigenvalue weighted by Gasteiger charge is -2.13. The number of nitrogens with one attached hydrogen (secondary N) is 2. The Bertz CT molecular complexity index is 481. The van der Waals surface area contributed by atoms with Crippen LogP contribution in [0.3, 0.4) is 0 Å². The van der Waals surface area contributed by atoms with Crippen LogP contribution in [0, 0.1) is 0 Å². The normalized spacial score (nSPS) is 10.8. The maximum absolute atomic E-state index is 5.62. The molecule has 0 aliphatic carbocycles. The summed E-state index contributed by atoms with van der Waals surface area (Å²) in [5.41, 5.74) is 1.25. The van der Waals surface area contributed by atoms with Crippen LogP contribution >= 0.6 is 24.0 Å². The molecule has 0 bridgehead atoms. The van der Waals surface area contributed by atoms with Gasteiger partial charge in [0.25, 0.3) is 0 Å². The van der Waals surface area contributed by atoms with Gasteiger partial charge in [0.1, 0.15) is 0 Å². The van der Waals surface area contributed by atoms with Crippen LogP contribution in [0.15, 0.2) is 23.2 Å². The minimum atomic E-state index is 0. The van der Waals surface area contributed by atoms with Crippen LogP contribution in [0.25, 0.3) is 0 Å². The standard InChI is InChI=1S/C18H31N3O2.HI/c1-5-7-12-20-18(19-3)21-13-8-9-15-10-11-16(22-4)17(14-15)23-6-2;/h10-11,14H,5-9,12-13H2,1-4H3,(H2,19,20,21);1H. The molecule has 0 fully saturated rings. The van der Waals surface area contributed by atoms with Crippen molar-refractivity contribution in [2.75, 3.05) is 33.9 Å². The van der Waals surface area contributed by atoms with E-state index in [9.17, 15) is 0 Å². The van der Waals surface area contributed by atoms with E-state index < -0.39 is 0 Å². The molecule has 0 aliphatic rings. The molecule has 0 atom stereocenters. The number of hydrogen-bond acceptors (Lipinski definition) is 3. The Morgan fingerprint density at radius 3 is 2.38 bits per heavy atom. The molecule has 0 unspecified atom stereocenters. The van der Waals surface area contributed by atoms with E-state index in [4.69, 9.17) is 9.47 Å². The summed E-state index contributed by atoms with van der Waals surface area (Å²) in [6, 6.07) is 6.13. The van der Waals surface area contributed by atoms with Gasteiger partial charge in [-0.1, -0.05) is 19.4 Å². The summed E-state index contributed by atoms with van der Waals surface area (Å²) in [6.45, 7) is 6.66. The zero-order valence-corrected chi connectivity index (χ0v) is 17.7. The third kappa shape index (κ3) is 8.61. The second-order valence-corrected chi connectivity index (χ2v) is 5.30. The summed E-state index contributed by atoms with van der Waals surface area (Å²) >= 11 is 0. The molecule has 138 valence electrons. The van der Waals surface area contributed by atoms with Crippen LogP contribution in [0.1, 0.15) is 38.7 Å². The molecule has 0 aromatic heterocycles. The molecule has 0 amide bonds. The third-order valence-corrected chi connectivity index (χ3v) is 3.51. The fourth-order valence-electron chi connectivity index (χ4n) is 2.25. The van der Waals surface area contributed by atoms with E-state index in [1.54, 1.807) is 14.2 Å². The van der Waals surface area contributed by atoms with Crippen molar-refractivity contribution in [3.63, 3.8) is 0 Å². The van der Waals surface area contributed by atoms with E-state index >= 15 is 0 Å². The Balaban J connectivity index is 0.00000529. The Morgan fingerprint density at radius 2 is 1.79 bits per heavy atom. The average molecular weight is 449 g/mol. The number of rotatable bonds is 10. The Hall–Kier alpha value is -1.18. The number of nitrogens with zero attached hydrogens (tertiary/aromatic N) is 1. The van der Waals surface area contributed by atoms with Crippen molar-refractivity contribution in [3.8, 4) is 11.5 Å². The Labute approximate surface area is 163 Å². The number of aryl methyl sites for hydroxylation is 1. The molecule has 0 aliphatic heterocycles. The van der Waals surface area contributed by atoms with E-state index in [2.05, 4.69) is 34.7 Å². The Morgan fingerprint density at radius 1 is 1.08 bits per heavy atom. The van der Waals surface area contributed by atoms with Gasteiger partial charge in [-0.05, 0) is 43.9 Å². The van der Waals surface area contributed by atoms with Gasteiger partial charge >= 0.3 is 0 Å². The summed E-state index contributed by atoms with van der Waals surface area (Å²) < 4.78 is 10.9. The maximum Gasteiger partial charge on any atom is 0.190 e. The summed E-state index contributed by atoms with van der Waals surface area (Å²) in [7, 11) is 3.47. The first kappa shape index (κ1) is 22.8. The van der Waals surface area contributed by atoms with E-state index in [1.807, 2.05) is 13.0 Å². The topological polar surface area (TPSA) is 54.9 Å². The van der Waals surface area contributed by atoms with Crippen molar-refractivity contribution in [1.82, 2.24) is 10.6 Å². The number of hydrogen-bond donors (Lipinski definition) is 2. The molecule has 6 heteroatoms. The van der Waals surface area contributed by atoms with Crippen molar-refractivity contribution in [1.29, 1.82) is 0 Å². The van der Waals surface area contributed by atoms with Gasteiger partial charge in [0.2, 0.25) is 0 Å². The smallest absolute Gasteiger partial charge is 0.190 e. The number of methoxy groups -OCH3 is 1. The van der Waals surface area contributed by atoms with Gasteiger partial charge in [-0.2, -0.15) is 0 Å². The van der Waals surface area contributed by atoms with Gasteiger partial charge < -0.3 is 20.1 Å². The first-order valence-corrected chi connectivity index (χ1v) is 8.49. The number of unbranched alkanes of at least 4 members (excludes halogenated alkanes) is 1. The summed E-state index contributed by atoms with van der Waals surface area (Å²) in [6.07, 6.45) is 4.37. The molecular formula is C18H32IN3O2. The molecule has 0 spiro atoms. The molecule has 0 saturated heterocycles. The van der Waals surface area contributed by atoms with Crippen molar-refractivity contribution < 1.29 is 9.47 Å². The lowest BCUT2D eigenvalue weighted by Crippen LogP contribution is -2.38. The van der Waals surface area contributed by atoms with Crippen molar-refractivity contribution in [3.05, 3.63) is 23.8 Å². The highest BCUT2D eigenvalue weighted by Gasteiger charge is 2.05. The zero-order chi connectivity index (χ0) is 16.9. The monoisotopic (exact) mass is 449 g/mol. The molecular weight excluding hydrogens is 417 g/mol. The molecule has 1 rings (SSSR count). The Kier molecular flexibility index (Phi) is 13.5. The minimum Gasteiger partial charge on any atom is -0.493 e. The van der Waals surface area contributed by atoms with E-state index in [1.165, 1.54) is 12.0 Å². The number of ether oxygens (including phenoxy) is 2. The predicted octanol–water partition coefficient (Wildman–Crippen LogP) is 3.61. The van der Waals surface area contributed by atoms with Crippen molar-refractivity contribution in [2.24, 2.45) is 4.99 Å². The SMILES string of the molecule is CCCCNC(=NC)NCCCc1ccc(OC)c(OCC)c1.I. The largest absolute Gasteiger partial charge is 0.493 e. The summed E-state index contributed by atoms with van der Waals surface area (Å²) in [5.74, 6) is 2.48. The summed E-state index contributed by atoms with van der Waals surface area (Å²) in [4.78, 5) is 4.22. The first-order valence-electron chi connectivity index (χ1n) is 8.49. The fraction of sp³-hybridized carbons (Fsp3) is 0.611. The lowest BCUT2D eigenvalue weighted by atomic mass is 10.1. The zero-order valence-electron chi connectivity index (χ0n) is 15.4. The van der Waals surface area contributed by atoms with Crippen molar-refractivity contribution >= 4 is 29.9 Å². The number of aliphatic imine (C=N–C) groups is 1. The van der Waals surface area contributed by atoms with Crippen LogP contribution in [0.4, 0.5) is 0 Å². The molecule has 1 aromatic rings. The molecule has 5 nitrogen and oxygen atoms in total. The van der Waals surface area contributed by atoms with Crippen LogP contribution in [-0.2, 0) is 6.42 Å². The fourth-order valence-corrected chi connectivity index (χ4v) is 2.25. The number of benzene rings is 1. The highest BCUT2D eigenvalue weighted by Crippen LogP contribution is 2.28. The van der Waals surface area contributed by atoms with Gasteiger partial charge in [0, 0.05) is 20.1 Å². The predicted molar refractivity (Wildman–Crippen MR) is 112 cm³/mol. The van der Waals surface area contributed by atoms with Crippen molar-refractivity contribution in [2.45, 2.75) is 39.5 Å². The van der Waals surface area contributed by atoms with E-state index in [0.29, 0.717) is 6.61 Å². The molecule has 24 heavy (non-hydrogen) atoms. The number of guanidine groups is 1. The second-order valence-electron chi connectivity index (χ2n) is 5.30. The van der Waals surface area contributed by atoms with Gasteiger partial charge in [-0.15, -0.1) is 24.0 Å². The molecule has 2 N–H and O–H groups in total. The second kappa shape index (κ2) is 14.2. The highest BCUT2D eigenvalue weighted by molar-refractivity contribution is 14.0. The van der Waals surface area contributed by atoms with Crippen LogP contribution in [-0.4, -0.2) is 39.8 Å². The average Bonchev–Trinajstić information content (AvgIpc) is 2.57. The first-order chi connectivity index (χ1) is 11.2. The van der Waals surface area contributed by atoms with Crippen LogP contribution in [0.5, 0.6) is 11.5 Å². The van der Waals surface area contributed by atoms with Gasteiger partial charge in [0.05, 0.1) is 13.7 Å².